The molecule has 35 heavy (non-hydrogen) atoms. The van der Waals surface area contributed by atoms with E-state index in [0.717, 1.165) is 51.0 Å². The molecule has 1 saturated heterocycles. The number of aryl methyl sites for hydroxylation is 1. The van der Waals surface area contributed by atoms with Gasteiger partial charge in [0.25, 0.3) is 0 Å². The normalized spacial score (nSPS) is 14.5. The van der Waals surface area contributed by atoms with Crippen LogP contribution < -0.4 is 16.3 Å². The predicted molar refractivity (Wildman–Crippen MR) is 136 cm³/mol. The minimum Gasteiger partial charge on any atom is -0.444 e. The van der Waals surface area contributed by atoms with Crippen LogP contribution in [0.25, 0.3) is 0 Å². The smallest absolute Gasteiger partial charge is 0.413 e. The number of anilines is 1. The van der Waals surface area contributed by atoms with Crippen LogP contribution in [-0.4, -0.2) is 46.2 Å². The highest BCUT2D eigenvalue weighted by molar-refractivity contribution is 5.83. The first-order valence-corrected chi connectivity index (χ1v) is 12.2. The Kier molecular flexibility index (Phi) is 9.03. The SMILES string of the molecule is O=C(Nc1ccn(CCCNC2CCN(Cc3ccccc3)CC2)c(=O)n1)OCc1ccccc1. The third kappa shape index (κ3) is 8.05. The number of hydrogen-bond donors (Lipinski definition) is 2. The van der Waals surface area contributed by atoms with E-state index in [4.69, 9.17) is 4.74 Å². The summed E-state index contributed by atoms with van der Waals surface area (Å²) in [6.45, 7) is 4.78. The molecule has 2 N–H and O–H groups in total. The molecule has 0 radical (unpaired) electrons. The van der Waals surface area contributed by atoms with Crippen LogP contribution in [-0.2, 0) is 24.4 Å². The molecule has 0 unspecified atom stereocenters. The molecule has 0 bridgehead atoms. The van der Waals surface area contributed by atoms with Crippen molar-refractivity contribution in [2.75, 3.05) is 25.0 Å². The summed E-state index contributed by atoms with van der Waals surface area (Å²) in [4.78, 5) is 30.7. The van der Waals surface area contributed by atoms with Gasteiger partial charge in [0.05, 0.1) is 0 Å². The molecular formula is C27H33N5O3. The number of aromatic nitrogens is 2. The maximum absolute atomic E-state index is 12.3. The van der Waals surface area contributed by atoms with Gasteiger partial charge in [0.1, 0.15) is 12.4 Å². The summed E-state index contributed by atoms with van der Waals surface area (Å²) < 4.78 is 6.73. The maximum Gasteiger partial charge on any atom is 0.413 e. The first-order valence-electron chi connectivity index (χ1n) is 12.2. The fourth-order valence-electron chi connectivity index (χ4n) is 4.22. The fourth-order valence-corrected chi connectivity index (χ4v) is 4.22. The molecule has 3 aromatic rings. The molecule has 1 amide bonds. The van der Waals surface area contributed by atoms with E-state index in [1.165, 1.54) is 5.56 Å². The Morgan fingerprint density at radius 2 is 1.66 bits per heavy atom. The van der Waals surface area contributed by atoms with Crippen LogP contribution in [0.4, 0.5) is 10.6 Å². The molecule has 1 fully saturated rings. The number of carbonyl (C=O) groups is 1. The average molecular weight is 476 g/mol. The highest BCUT2D eigenvalue weighted by atomic mass is 16.5. The predicted octanol–water partition coefficient (Wildman–Crippen LogP) is 3.64. The molecule has 0 atom stereocenters. The van der Waals surface area contributed by atoms with Gasteiger partial charge in [-0.2, -0.15) is 4.98 Å². The van der Waals surface area contributed by atoms with Crippen LogP contribution in [0.3, 0.4) is 0 Å². The van der Waals surface area contributed by atoms with Gasteiger partial charge in [-0.1, -0.05) is 60.7 Å². The molecule has 2 heterocycles. The van der Waals surface area contributed by atoms with Gasteiger partial charge in [-0.05, 0) is 56.1 Å². The van der Waals surface area contributed by atoms with Crippen molar-refractivity contribution in [2.45, 2.75) is 45.0 Å². The lowest BCUT2D eigenvalue weighted by Gasteiger charge is -2.32. The van der Waals surface area contributed by atoms with E-state index < -0.39 is 6.09 Å². The van der Waals surface area contributed by atoms with Gasteiger partial charge in [-0.3, -0.25) is 14.8 Å². The lowest BCUT2D eigenvalue weighted by Crippen LogP contribution is -2.42. The maximum atomic E-state index is 12.3. The van der Waals surface area contributed by atoms with Crippen molar-refractivity contribution in [2.24, 2.45) is 0 Å². The van der Waals surface area contributed by atoms with Crippen LogP contribution in [0.2, 0.25) is 0 Å². The summed E-state index contributed by atoms with van der Waals surface area (Å²) >= 11 is 0. The molecule has 1 aliphatic heterocycles. The van der Waals surface area contributed by atoms with Gasteiger partial charge in [0.2, 0.25) is 0 Å². The Labute approximate surface area is 205 Å². The quantitative estimate of drug-likeness (QED) is 0.436. The molecule has 2 aromatic carbocycles. The van der Waals surface area contributed by atoms with E-state index in [-0.39, 0.29) is 18.1 Å². The van der Waals surface area contributed by atoms with Crippen molar-refractivity contribution >= 4 is 11.9 Å². The number of nitrogens with one attached hydrogen (secondary N) is 2. The van der Waals surface area contributed by atoms with E-state index in [1.54, 1.807) is 16.8 Å². The highest BCUT2D eigenvalue weighted by Gasteiger charge is 2.18. The molecule has 0 spiro atoms. The summed E-state index contributed by atoms with van der Waals surface area (Å²) in [6, 6.07) is 22.1. The van der Waals surface area contributed by atoms with E-state index in [9.17, 15) is 9.59 Å². The van der Waals surface area contributed by atoms with Crippen molar-refractivity contribution in [1.82, 2.24) is 19.8 Å². The van der Waals surface area contributed by atoms with Crippen molar-refractivity contribution in [3.8, 4) is 0 Å². The number of likely N-dealkylation sites (tertiary alicyclic amines) is 1. The van der Waals surface area contributed by atoms with Crippen LogP contribution in [0.1, 0.15) is 30.4 Å². The molecule has 4 rings (SSSR count). The van der Waals surface area contributed by atoms with Crippen LogP contribution in [0, 0.1) is 0 Å². The van der Waals surface area contributed by atoms with E-state index in [2.05, 4.69) is 50.8 Å². The Morgan fingerprint density at radius 3 is 2.34 bits per heavy atom. The number of amides is 1. The summed E-state index contributed by atoms with van der Waals surface area (Å²) in [5.41, 5.74) is 1.86. The Bertz CT molecular complexity index is 1110. The minimum atomic E-state index is -0.641. The van der Waals surface area contributed by atoms with Gasteiger partial charge < -0.3 is 10.1 Å². The number of hydrogen-bond acceptors (Lipinski definition) is 6. The lowest BCUT2D eigenvalue weighted by molar-refractivity contribution is 0.155. The van der Waals surface area contributed by atoms with Gasteiger partial charge >= 0.3 is 11.8 Å². The van der Waals surface area contributed by atoms with Crippen molar-refractivity contribution in [3.05, 3.63) is 94.5 Å². The summed E-state index contributed by atoms with van der Waals surface area (Å²) in [7, 11) is 0. The summed E-state index contributed by atoms with van der Waals surface area (Å²) in [6.07, 6.45) is 4.11. The zero-order valence-corrected chi connectivity index (χ0v) is 19.9. The third-order valence-electron chi connectivity index (χ3n) is 6.16. The molecule has 0 saturated carbocycles. The average Bonchev–Trinajstić information content (AvgIpc) is 2.89. The Morgan fingerprint density at radius 1 is 0.971 bits per heavy atom. The standard InChI is InChI=1S/C27H33N5O3/c33-26-29-25(30-27(34)35-21-23-10-5-2-6-11-23)14-19-32(26)16-7-15-28-24-12-17-31(18-13-24)20-22-8-3-1-4-9-22/h1-6,8-11,14,19,24,28H,7,12-13,15-18,20-21H2,(H,29,30,33,34). The van der Waals surface area contributed by atoms with Gasteiger partial charge in [-0.25, -0.2) is 9.59 Å². The minimum absolute atomic E-state index is 0.156. The second-order valence-corrected chi connectivity index (χ2v) is 8.82. The lowest BCUT2D eigenvalue weighted by atomic mass is 10.0. The summed E-state index contributed by atoms with van der Waals surface area (Å²) in [5, 5.41) is 6.13. The first kappa shape index (κ1) is 24.6. The monoisotopic (exact) mass is 475 g/mol. The second kappa shape index (κ2) is 12.8. The zero-order chi connectivity index (χ0) is 24.3. The molecule has 0 aliphatic carbocycles. The number of nitrogens with zero attached hydrogens (tertiary/aromatic N) is 3. The van der Waals surface area contributed by atoms with E-state index in [0.29, 0.717) is 12.6 Å². The molecule has 1 aliphatic rings. The van der Waals surface area contributed by atoms with Gasteiger partial charge in [0.15, 0.2) is 0 Å². The van der Waals surface area contributed by atoms with Crippen LogP contribution in [0.5, 0.6) is 0 Å². The third-order valence-corrected chi connectivity index (χ3v) is 6.16. The molecule has 8 heteroatoms. The highest BCUT2D eigenvalue weighted by Crippen LogP contribution is 2.14. The first-order chi connectivity index (χ1) is 17.2. The van der Waals surface area contributed by atoms with Crippen molar-refractivity contribution in [1.29, 1.82) is 0 Å². The van der Waals surface area contributed by atoms with Crippen molar-refractivity contribution in [3.63, 3.8) is 0 Å². The van der Waals surface area contributed by atoms with E-state index >= 15 is 0 Å². The van der Waals surface area contributed by atoms with E-state index in [1.807, 2.05) is 30.3 Å². The largest absolute Gasteiger partial charge is 0.444 e. The molecule has 8 nitrogen and oxygen atoms in total. The molecular weight excluding hydrogens is 442 g/mol. The number of piperidine rings is 1. The topological polar surface area (TPSA) is 88.5 Å². The molecule has 1 aromatic heterocycles. The number of rotatable bonds is 10. The Hall–Kier alpha value is -3.49. The number of carbonyl (C=O) groups excluding carboxylic acids is 1. The summed E-state index contributed by atoms with van der Waals surface area (Å²) in [5.74, 6) is 0.185. The second-order valence-electron chi connectivity index (χ2n) is 8.82. The Balaban J connectivity index is 1.12. The fraction of sp³-hybridized carbons (Fsp3) is 0.370. The van der Waals surface area contributed by atoms with Gasteiger partial charge in [-0.15, -0.1) is 0 Å². The van der Waals surface area contributed by atoms with Crippen molar-refractivity contribution < 1.29 is 9.53 Å². The zero-order valence-electron chi connectivity index (χ0n) is 19.9. The molecule has 184 valence electrons. The van der Waals surface area contributed by atoms with Gasteiger partial charge in [0, 0.05) is 25.3 Å². The van der Waals surface area contributed by atoms with Crippen LogP contribution in [0.15, 0.2) is 77.7 Å². The van der Waals surface area contributed by atoms with Crippen LogP contribution >= 0.6 is 0 Å². The number of ether oxygens (including phenoxy) is 1. The number of benzene rings is 2.